The monoisotopic (exact) mass is 497 g/mol. The number of halogens is 1. The predicted octanol–water partition coefficient (Wildman–Crippen LogP) is 4.97. The molecule has 6 nitrogen and oxygen atoms in total. The third kappa shape index (κ3) is 5.47. The van der Waals surface area contributed by atoms with Crippen molar-refractivity contribution >= 4 is 39.1 Å². The first kappa shape index (κ1) is 23.1. The van der Waals surface area contributed by atoms with Gasteiger partial charge in [0.1, 0.15) is 10.9 Å². The molecule has 0 aliphatic carbocycles. The topological polar surface area (TPSA) is 91.9 Å². The number of H-pyrrole nitrogens is 1. The summed E-state index contributed by atoms with van der Waals surface area (Å²) in [5.41, 5.74) is 1.55. The summed E-state index contributed by atoms with van der Waals surface area (Å²) in [6.07, 6.45) is 0. The number of carbonyl (C=O) groups is 1. The summed E-state index contributed by atoms with van der Waals surface area (Å²) in [4.78, 5) is 20.1. The molecule has 33 heavy (non-hydrogen) atoms. The first-order chi connectivity index (χ1) is 15.9. The van der Waals surface area contributed by atoms with Gasteiger partial charge in [0.25, 0.3) is 0 Å². The van der Waals surface area contributed by atoms with Gasteiger partial charge in [-0.05, 0) is 23.8 Å². The zero-order chi connectivity index (χ0) is 23.3. The Kier molecular flexibility index (Phi) is 7.17. The number of hydrogen-bond acceptors (Lipinski definition) is 5. The highest BCUT2D eigenvalue weighted by molar-refractivity contribution is 8.00. The summed E-state index contributed by atoms with van der Waals surface area (Å²) in [6.45, 7) is 0.282. The summed E-state index contributed by atoms with van der Waals surface area (Å²) < 4.78 is 26.6. The number of aromatic amines is 1. The Morgan fingerprint density at radius 1 is 0.939 bits per heavy atom. The van der Waals surface area contributed by atoms with Gasteiger partial charge in [0.15, 0.2) is 5.03 Å². The lowest BCUT2D eigenvalue weighted by Gasteiger charge is -2.07. The van der Waals surface area contributed by atoms with Crippen molar-refractivity contribution in [3.8, 4) is 11.4 Å². The maximum Gasteiger partial charge on any atom is 0.230 e. The Morgan fingerprint density at radius 3 is 2.27 bits per heavy atom. The largest absolute Gasteiger partial charge is 0.351 e. The number of aromatic nitrogens is 2. The average Bonchev–Trinajstić information content (AvgIpc) is 3.29. The van der Waals surface area contributed by atoms with Crippen molar-refractivity contribution in [2.24, 2.45) is 0 Å². The first-order valence-corrected chi connectivity index (χ1v) is 12.9. The van der Waals surface area contributed by atoms with Crippen LogP contribution in [0.2, 0.25) is 5.02 Å². The highest BCUT2D eigenvalue weighted by Gasteiger charge is 2.26. The molecule has 4 aromatic rings. The van der Waals surface area contributed by atoms with Gasteiger partial charge in [-0.25, -0.2) is 13.4 Å². The van der Waals surface area contributed by atoms with E-state index in [9.17, 15) is 13.2 Å². The number of imidazole rings is 1. The number of benzene rings is 3. The number of hydrogen-bond donors (Lipinski definition) is 2. The Labute approximate surface area is 201 Å². The summed E-state index contributed by atoms with van der Waals surface area (Å²) in [6, 6.07) is 24.6. The van der Waals surface area contributed by atoms with Gasteiger partial charge >= 0.3 is 0 Å². The Hall–Kier alpha value is -3.07. The molecule has 1 heterocycles. The second-order valence-corrected chi connectivity index (χ2v) is 10.3. The van der Waals surface area contributed by atoms with Crippen LogP contribution in [0.1, 0.15) is 5.56 Å². The van der Waals surface area contributed by atoms with Crippen LogP contribution in [-0.4, -0.2) is 30.0 Å². The molecule has 9 heteroatoms. The van der Waals surface area contributed by atoms with Gasteiger partial charge in [-0.3, -0.25) is 4.79 Å². The summed E-state index contributed by atoms with van der Waals surface area (Å²) in [5.74, 6) is 0.164. The molecular weight excluding hydrogens is 478 g/mol. The Balaban J connectivity index is 1.57. The van der Waals surface area contributed by atoms with E-state index in [1.807, 2.05) is 48.5 Å². The molecular formula is C24H20ClN3O3S2. The number of thioether (sulfide) groups is 1. The maximum absolute atomic E-state index is 13.3. The minimum atomic E-state index is -3.85. The fourth-order valence-corrected chi connectivity index (χ4v) is 5.77. The van der Waals surface area contributed by atoms with Crippen LogP contribution in [-0.2, 0) is 21.2 Å². The van der Waals surface area contributed by atoms with Crippen molar-refractivity contribution in [3.05, 3.63) is 95.5 Å². The zero-order valence-corrected chi connectivity index (χ0v) is 19.8. The fourth-order valence-electron chi connectivity index (χ4n) is 3.09. The van der Waals surface area contributed by atoms with Gasteiger partial charge < -0.3 is 10.3 Å². The molecule has 0 saturated heterocycles. The number of carbonyl (C=O) groups excluding carboxylic acids is 1. The van der Waals surface area contributed by atoms with E-state index < -0.39 is 9.84 Å². The van der Waals surface area contributed by atoms with Crippen LogP contribution >= 0.6 is 23.4 Å². The Morgan fingerprint density at radius 2 is 1.58 bits per heavy atom. The van der Waals surface area contributed by atoms with Crippen LogP contribution in [0.15, 0.2) is 99.9 Å². The third-order valence-corrected chi connectivity index (χ3v) is 7.98. The minimum Gasteiger partial charge on any atom is -0.351 e. The molecule has 0 atom stereocenters. The van der Waals surface area contributed by atoms with Crippen LogP contribution in [0.5, 0.6) is 0 Å². The van der Waals surface area contributed by atoms with E-state index in [1.165, 1.54) is 12.1 Å². The molecule has 2 N–H and O–H groups in total. The molecule has 0 aliphatic heterocycles. The zero-order valence-electron chi connectivity index (χ0n) is 17.4. The Bertz CT molecular complexity index is 1360. The van der Waals surface area contributed by atoms with E-state index in [4.69, 9.17) is 11.6 Å². The number of amides is 1. The van der Waals surface area contributed by atoms with E-state index in [2.05, 4.69) is 15.3 Å². The van der Waals surface area contributed by atoms with Crippen LogP contribution in [0.4, 0.5) is 0 Å². The van der Waals surface area contributed by atoms with Gasteiger partial charge in [-0.15, -0.1) is 0 Å². The van der Waals surface area contributed by atoms with E-state index in [0.717, 1.165) is 22.9 Å². The van der Waals surface area contributed by atoms with Crippen LogP contribution in [0, 0.1) is 0 Å². The summed E-state index contributed by atoms with van der Waals surface area (Å²) in [5, 5.41) is 3.59. The second kappa shape index (κ2) is 10.2. The van der Waals surface area contributed by atoms with Gasteiger partial charge in [-0.2, -0.15) is 0 Å². The number of nitrogens with zero attached hydrogens (tertiary/aromatic N) is 1. The van der Waals surface area contributed by atoms with E-state index in [0.29, 0.717) is 10.8 Å². The van der Waals surface area contributed by atoms with Gasteiger partial charge in [0.05, 0.1) is 10.6 Å². The van der Waals surface area contributed by atoms with E-state index >= 15 is 0 Å². The smallest absolute Gasteiger partial charge is 0.230 e. The molecule has 0 unspecified atom stereocenters. The molecule has 168 valence electrons. The number of nitrogens with one attached hydrogen (secondary N) is 2. The molecule has 1 amide bonds. The third-order valence-electron chi connectivity index (χ3n) is 4.78. The highest BCUT2D eigenvalue weighted by atomic mass is 35.5. The van der Waals surface area contributed by atoms with Crippen molar-refractivity contribution in [3.63, 3.8) is 0 Å². The normalized spacial score (nSPS) is 11.3. The van der Waals surface area contributed by atoms with Crippen LogP contribution in [0.3, 0.4) is 0 Å². The van der Waals surface area contributed by atoms with Crippen molar-refractivity contribution in [2.75, 3.05) is 5.75 Å². The summed E-state index contributed by atoms with van der Waals surface area (Å²) >= 11 is 7.20. The summed E-state index contributed by atoms with van der Waals surface area (Å²) in [7, 11) is -3.85. The average molecular weight is 498 g/mol. The molecule has 1 aromatic heterocycles. The molecule has 0 aliphatic rings. The molecule has 0 fully saturated rings. The molecule has 0 spiro atoms. The molecule has 0 radical (unpaired) electrons. The van der Waals surface area contributed by atoms with Gasteiger partial charge in [-0.1, -0.05) is 90.1 Å². The quantitative estimate of drug-likeness (QED) is 0.335. The van der Waals surface area contributed by atoms with E-state index in [-0.39, 0.29) is 33.2 Å². The lowest BCUT2D eigenvalue weighted by Crippen LogP contribution is -2.24. The maximum atomic E-state index is 13.3. The predicted molar refractivity (Wildman–Crippen MR) is 130 cm³/mol. The van der Waals surface area contributed by atoms with Gasteiger partial charge in [0.2, 0.25) is 15.7 Å². The second-order valence-electron chi connectivity index (χ2n) is 7.06. The fraction of sp³-hybridized carbons (Fsp3) is 0.0833. The first-order valence-electron chi connectivity index (χ1n) is 10.0. The highest BCUT2D eigenvalue weighted by Crippen LogP contribution is 2.32. The van der Waals surface area contributed by atoms with E-state index in [1.54, 1.807) is 24.3 Å². The number of rotatable bonds is 8. The van der Waals surface area contributed by atoms with Crippen molar-refractivity contribution in [2.45, 2.75) is 21.5 Å². The van der Waals surface area contributed by atoms with Crippen LogP contribution < -0.4 is 5.32 Å². The standard InChI is InChI=1S/C24H20ClN3O3S2/c25-20-14-8-7-11-18(20)15-26-21(29)16-32-23-24(33(30,31)19-12-5-2-6-13-19)28-22(27-23)17-9-3-1-4-10-17/h1-14H,15-16H2,(H,26,29)(H,27,28). The lowest BCUT2D eigenvalue weighted by atomic mass is 10.2. The van der Waals surface area contributed by atoms with Crippen molar-refractivity contribution in [1.82, 2.24) is 15.3 Å². The van der Waals surface area contributed by atoms with Crippen molar-refractivity contribution < 1.29 is 13.2 Å². The SMILES string of the molecule is O=C(CSc1nc(-c2ccccc2)[nH]c1S(=O)(=O)c1ccccc1)NCc1ccccc1Cl. The van der Waals surface area contributed by atoms with Crippen molar-refractivity contribution in [1.29, 1.82) is 0 Å². The van der Waals surface area contributed by atoms with Gasteiger partial charge in [0, 0.05) is 17.1 Å². The van der Waals surface area contributed by atoms with Crippen LogP contribution in [0.25, 0.3) is 11.4 Å². The molecule has 0 saturated carbocycles. The number of sulfone groups is 1. The molecule has 4 rings (SSSR count). The minimum absolute atomic E-state index is 0.000839. The molecule has 3 aromatic carbocycles. The lowest BCUT2D eigenvalue weighted by molar-refractivity contribution is -0.118. The molecule has 0 bridgehead atoms.